The number of piperidine rings is 3. The minimum Gasteiger partial charge on any atom is -0.396 e. The molecule has 2 bridgehead atoms. The molecule has 3 aliphatic heterocycles. The third kappa shape index (κ3) is 1.70. The molecule has 0 amide bonds. The zero-order valence-electron chi connectivity index (χ0n) is 10.4. The predicted molar refractivity (Wildman–Crippen MR) is 65.2 cm³/mol. The van der Waals surface area contributed by atoms with E-state index in [1.807, 2.05) is 0 Å². The van der Waals surface area contributed by atoms with Gasteiger partial charge < -0.3 is 5.11 Å². The fourth-order valence-electron chi connectivity index (χ4n) is 4.68. The summed E-state index contributed by atoms with van der Waals surface area (Å²) in [6.07, 6.45) is 7.06. The molecule has 1 aliphatic carbocycles. The number of hydrogen-bond donors (Lipinski definition) is 1. The minimum atomic E-state index is 0.372. The van der Waals surface area contributed by atoms with Gasteiger partial charge in [-0.1, -0.05) is 6.92 Å². The quantitative estimate of drug-likeness (QED) is 0.792. The first kappa shape index (κ1) is 11.0. The van der Waals surface area contributed by atoms with Crippen molar-refractivity contribution in [2.75, 3.05) is 19.7 Å². The number of rotatable bonds is 3. The number of hydrogen-bond acceptors (Lipinski definition) is 2. The lowest BCUT2D eigenvalue weighted by molar-refractivity contribution is -0.0142. The molecule has 0 aromatic rings. The maximum Gasteiger partial charge on any atom is 0.0456 e. The summed E-state index contributed by atoms with van der Waals surface area (Å²) in [6, 6.07) is 0.890. The van der Waals surface area contributed by atoms with Crippen LogP contribution in [0.3, 0.4) is 0 Å². The summed E-state index contributed by atoms with van der Waals surface area (Å²) in [7, 11) is 0. The van der Waals surface area contributed by atoms with Crippen LogP contribution in [0.15, 0.2) is 0 Å². The van der Waals surface area contributed by atoms with Crippen molar-refractivity contribution in [1.29, 1.82) is 0 Å². The van der Waals surface area contributed by atoms with Gasteiger partial charge in [-0.3, -0.25) is 4.90 Å². The van der Waals surface area contributed by atoms with E-state index in [-0.39, 0.29) is 0 Å². The minimum absolute atomic E-state index is 0.372. The predicted octanol–water partition coefficient (Wildman–Crippen LogP) is 2.13. The van der Waals surface area contributed by atoms with Crippen molar-refractivity contribution in [2.24, 2.45) is 23.7 Å². The van der Waals surface area contributed by atoms with Crippen molar-refractivity contribution in [3.63, 3.8) is 0 Å². The molecule has 0 aromatic heterocycles. The Kier molecular flexibility index (Phi) is 2.97. The molecule has 4 atom stereocenters. The summed E-state index contributed by atoms with van der Waals surface area (Å²) in [5.41, 5.74) is 0. The van der Waals surface area contributed by atoms with Gasteiger partial charge in [0.05, 0.1) is 0 Å². The number of fused-ring (bicyclic) bond motifs is 2. The highest BCUT2D eigenvalue weighted by Gasteiger charge is 2.48. The average Bonchev–Trinajstić information content (AvgIpc) is 2.77. The summed E-state index contributed by atoms with van der Waals surface area (Å²) in [6.45, 7) is 5.28. The van der Waals surface area contributed by atoms with Crippen LogP contribution >= 0.6 is 0 Å². The van der Waals surface area contributed by atoms with Crippen molar-refractivity contribution >= 4 is 0 Å². The molecule has 1 saturated carbocycles. The van der Waals surface area contributed by atoms with E-state index in [2.05, 4.69) is 11.8 Å². The molecule has 4 unspecified atom stereocenters. The third-order valence-corrected chi connectivity index (χ3v) is 5.41. The molecule has 0 aromatic carbocycles. The Hall–Kier alpha value is -0.0800. The van der Waals surface area contributed by atoms with Gasteiger partial charge in [0.15, 0.2) is 0 Å². The van der Waals surface area contributed by atoms with Gasteiger partial charge in [0.1, 0.15) is 0 Å². The SMILES string of the molecule is CC(CO)CC1CCC2C3CCN(CC3)C12. The zero-order chi connectivity index (χ0) is 11.1. The van der Waals surface area contributed by atoms with Crippen molar-refractivity contribution in [1.82, 2.24) is 4.90 Å². The Bertz CT molecular complexity index is 247. The Labute approximate surface area is 99.0 Å². The monoisotopic (exact) mass is 223 g/mol. The molecule has 0 radical (unpaired) electrons. The summed E-state index contributed by atoms with van der Waals surface area (Å²) >= 11 is 0. The number of aliphatic hydroxyl groups is 1. The normalized spacial score (nSPS) is 48.0. The molecule has 1 N–H and O–H groups in total. The van der Waals surface area contributed by atoms with Crippen molar-refractivity contribution in [3.8, 4) is 0 Å². The number of aliphatic hydroxyl groups excluding tert-OH is 1. The van der Waals surface area contributed by atoms with Crippen molar-refractivity contribution in [2.45, 2.75) is 45.1 Å². The van der Waals surface area contributed by atoms with E-state index >= 15 is 0 Å². The van der Waals surface area contributed by atoms with E-state index in [9.17, 15) is 5.11 Å². The second-order valence-corrected chi connectivity index (χ2v) is 6.39. The molecular formula is C14H25NO. The average molecular weight is 223 g/mol. The fourth-order valence-corrected chi connectivity index (χ4v) is 4.68. The van der Waals surface area contributed by atoms with Gasteiger partial charge in [-0.15, -0.1) is 0 Å². The summed E-state index contributed by atoms with van der Waals surface area (Å²) in [4.78, 5) is 2.77. The lowest BCUT2D eigenvalue weighted by Crippen LogP contribution is -2.54. The van der Waals surface area contributed by atoms with Crippen LogP contribution in [0.1, 0.15) is 39.0 Å². The molecule has 92 valence electrons. The van der Waals surface area contributed by atoms with E-state index in [0.29, 0.717) is 12.5 Å². The number of nitrogens with zero attached hydrogens (tertiary/aromatic N) is 1. The Morgan fingerprint density at radius 2 is 1.94 bits per heavy atom. The molecule has 3 heterocycles. The molecular weight excluding hydrogens is 198 g/mol. The van der Waals surface area contributed by atoms with Crippen LogP contribution in [0.25, 0.3) is 0 Å². The first-order chi connectivity index (χ1) is 7.79. The smallest absolute Gasteiger partial charge is 0.0456 e. The van der Waals surface area contributed by atoms with Crippen molar-refractivity contribution < 1.29 is 5.11 Å². The highest BCUT2D eigenvalue weighted by atomic mass is 16.3. The van der Waals surface area contributed by atoms with Gasteiger partial charge in [0.2, 0.25) is 0 Å². The van der Waals surface area contributed by atoms with Crippen LogP contribution in [-0.4, -0.2) is 35.7 Å². The van der Waals surface area contributed by atoms with Gasteiger partial charge in [-0.25, -0.2) is 0 Å². The maximum absolute atomic E-state index is 9.21. The first-order valence-electron chi connectivity index (χ1n) is 7.14. The highest BCUT2D eigenvalue weighted by Crippen LogP contribution is 2.49. The standard InChI is InChI=1S/C14H25NO/c1-10(9-16)8-12-2-3-13-11-4-6-15(7-5-11)14(12)13/h10-14,16H,2-9H2,1H3. The molecule has 16 heavy (non-hydrogen) atoms. The Morgan fingerprint density at radius 1 is 1.19 bits per heavy atom. The summed E-state index contributed by atoms with van der Waals surface area (Å²) in [5.74, 6) is 3.45. The molecule has 3 saturated heterocycles. The lowest BCUT2D eigenvalue weighted by atomic mass is 9.73. The highest BCUT2D eigenvalue weighted by molar-refractivity contribution is 5.01. The molecule has 4 rings (SSSR count). The maximum atomic E-state index is 9.21. The molecule has 2 heteroatoms. The topological polar surface area (TPSA) is 23.5 Å². The van der Waals surface area contributed by atoms with Crippen LogP contribution in [0, 0.1) is 23.7 Å². The first-order valence-corrected chi connectivity index (χ1v) is 7.14. The molecule has 4 aliphatic rings. The fraction of sp³-hybridized carbons (Fsp3) is 1.00. The lowest BCUT2D eigenvalue weighted by Gasteiger charge is -2.50. The van der Waals surface area contributed by atoms with E-state index in [4.69, 9.17) is 0 Å². The second-order valence-electron chi connectivity index (χ2n) is 6.39. The van der Waals surface area contributed by atoms with Gasteiger partial charge in [-0.05, 0) is 68.9 Å². The van der Waals surface area contributed by atoms with Gasteiger partial charge in [-0.2, -0.15) is 0 Å². The van der Waals surface area contributed by atoms with Crippen LogP contribution in [0.5, 0.6) is 0 Å². The molecule has 0 spiro atoms. The third-order valence-electron chi connectivity index (χ3n) is 5.41. The van der Waals surface area contributed by atoms with E-state index < -0.39 is 0 Å². The largest absolute Gasteiger partial charge is 0.396 e. The van der Waals surface area contributed by atoms with Crippen molar-refractivity contribution in [3.05, 3.63) is 0 Å². The van der Waals surface area contributed by atoms with E-state index in [0.717, 1.165) is 23.8 Å². The van der Waals surface area contributed by atoms with Crippen LogP contribution in [-0.2, 0) is 0 Å². The van der Waals surface area contributed by atoms with E-state index in [1.165, 1.54) is 45.2 Å². The molecule has 4 fully saturated rings. The van der Waals surface area contributed by atoms with Crippen LogP contribution < -0.4 is 0 Å². The van der Waals surface area contributed by atoms with Gasteiger partial charge >= 0.3 is 0 Å². The van der Waals surface area contributed by atoms with Gasteiger partial charge in [0, 0.05) is 12.6 Å². The Morgan fingerprint density at radius 3 is 2.62 bits per heavy atom. The second kappa shape index (κ2) is 4.30. The Balaban J connectivity index is 1.69. The summed E-state index contributed by atoms with van der Waals surface area (Å²) < 4.78 is 0. The van der Waals surface area contributed by atoms with Crippen LogP contribution in [0.2, 0.25) is 0 Å². The molecule has 2 nitrogen and oxygen atoms in total. The van der Waals surface area contributed by atoms with Gasteiger partial charge in [0.25, 0.3) is 0 Å². The van der Waals surface area contributed by atoms with E-state index in [1.54, 1.807) is 0 Å². The zero-order valence-corrected chi connectivity index (χ0v) is 10.4. The summed E-state index contributed by atoms with van der Waals surface area (Å²) in [5, 5.41) is 9.21. The van der Waals surface area contributed by atoms with Crippen LogP contribution in [0.4, 0.5) is 0 Å².